The van der Waals surface area contributed by atoms with Crippen LogP contribution < -0.4 is 14.8 Å². The topological polar surface area (TPSA) is 30.5 Å². The fourth-order valence-electron chi connectivity index (χ4n) is 2.32. The van der Waals surface area contributed by atoms with Crippen LogP contribution in [0.5, 0.6) is 11.5 Å². The molecule has 1 aromatic rings. The van der Waals surface area contributed by atoms with Crippen molar-refractivity contribution in [3.8, 4) is 11.5 Å². The molecule has 0 aliphatic carbocycles. The molecule has 0 spiro atoms. The Kier molecular flexibility index (Phi) is 4.71. The molecular formula is C17H25NO2. The monoisotopic (exact) mass is 275 g/mol. The van der Waals surface area contributed by atoms with E-state index >= 15 is 0 Å². The second-order valence-electron chi connectivity index (χ2n) is 6.22. The molecule has 1 aliphatic rings. The van der Waals surface area contributed by atoms with E-state index in [-0.39, 0.29) is 5.41 Å². The summed E-state index contributed by atoms with van der Waals surface area (Å²) in [6, 6.07) is 6.05. The van der Waals surface area contributed by atoms with Crippen molar-refractivity contribution in [1.82, 2.24) is 5.32 Å². The van der Waals surface area contributed by atoms with Gasteiger partial charge in [-0.25, -0.2) is 0 Å². The molecule has 0 unspecified atom stereocenters. The minimum atomic E-state index is 0.0341. The average Bonchev–Trinajstić information content (AvgIpc) is 2.45. The number of hydrogen-bond donors (Lipinski definition) is 1. The fraction of sp³-hybridized carbons (Fsp3) is 0.529. The summed E-state index contributed by atoms with van der Waals surface area (Å²) >= 11 is 0. The second-order valence-corrected chi connectivity index (χ2v) is 6.22. The highest BCUT2D eigenvalue weighted by Crippen LogP contribution is 2.34. The molecule has 1 aliphatic heterocycles. The molecule has 0 amide bonds. The van der Waals surface area contributed by atoms with Crippen LogP contribution in [0.1, 0.15) is 32.8 Å². The molecule has 1 N–H and O–H groups in total. The zero-order valence-electron chi connectivity index (χ0n) is 13.0. The first-order valence-corrected chi connectivity index (χ1v) is 7.20. The zero-order chi connectivity index (χ0) is 14.6. The number of hydrogen-bond acceptors (Lipinski definition) is 3. The predicted octanol–water partition coefficient (Wildman–Crippen LogP) is 3.29. The summed E-state index contributed by atoms with van der Waals surface area (Å²) in [6.07, 6.45) is 3.30. The number of nitrogens with one attached hydrogen (secondary N) is 1. The SMILES string of the molecule is COc1ccc(OCC2=CCNCC2)c(C(C)(C)C)c1. The molecule has 20 heavy (non-hydrogen) atoms. The standard InChI is InChI=1S/C17H25NO2/c1-17(2,3)15-11-14(19-4)5-6-16(15)20-12-13-7-9-18-10-8-13/h5-7,11,18H,8-10,12H2,1-4H3. The molecule has 2 rings (SSSR count). The average molecular weight is 275 g/mol. The van der Waals surface area contributed by atoms with Gasteiger partial charge in [0, 0.05) is 12.1 Å². The molecule has 0 bridgehead atoms. The Labute approximate surface area is 122 Å². The molecule has 110 valence electrons. The summed E-state index contributed by atoms with van der Waals surface area (Å²) in [5.41, 5.74) is 2.60. The summed E-state index contributed by atoms with van der Waals surface area (Å²) in [5, 5.41) is 3.32. The molecule has 0 atom stereocenters. The lowest BCUT2D eigenvalue weighted by Gasteiger charge is -2.24. The van der Waals surface area contributed by atoms with Crippen LogP contribution >= 0.6 is 0 Å². The van der Waals surface area contributed by atoms with E-state index in [1.54, 1.807) is 7.11 Å². The van der Waals surface area contributed by atoms with Gasteiger partial charge in [-0.15, -0.1) is 0 Å². The van der Waals surface area contributed by atoms with Gasteiger partial charge in [-0.05, 0) is 42.2 Å². The van der Waals surface area contributed by atoms with Crippen LogP contribution in [0, 0.1) is 0 Å². The Bertz CT molecular complexity index is 486. The molecule has 3 heteroatoms. The Morgan fingerprint density at radius 3 is 2.65 bits per heavy atom. The summed E-state index contributed by atoms with van der Waals surface area (Å²) < 4.78 is 11.4. The summed E-state index contributed by atoms with van der Waals surface area (Å²) in [5.74, 6) is 1.83. The minimum absolute atomic E-state index is 0.0341. The lowest BCUT2D eigenvalue weighted by molar-refractivity contribution is 0.332. The van der Waals surface area contributed by atoms with Gasteiger partial charge in [-0.1, -0.05) is 26.8 Å². The van der Waals surface area contributed by atoms with Crippen LogP contribution in [0.2, 0.25) is 0 Å². The molecule has 0 saturated carbocycles. The van der Waals surface area contributed by atoms with Crippen molar-refractivity contribution in [2.24, 2.45) is 0 Å². The van der Waals surface area contributed by atoms with Crippen molar-refractivity contribution >= 4 is 0 Å². The molecular weight excluding hydrogens is 250 g/mol. The number of methoxy groups -OCH3 is 1. The summed E-state index contributed by atoms with van der Waals surface area (Å²) in [7, 11) is 1.70. The Morgan fingerprint density at radius 2 is 2.05 bits per heavy atom. The van der Waals surface area contributed by atoms with Gasteiger partial charge in [-0.2, -0.15) is 0 Å². The normalized spacial score (nSPS) is 15.7. The maximum Gasteiger partial charge on any atom is 0.123 e. The first-order chi connectivity index (χ1) is 9.50. The van der Waals surface area contributed by atoms with E-state index in [1.807, 2.05) is 12.1 Å². The Hall–Kier alpha value is -1.48. The molecule has 0 radical (unpaired) electrons. The highest BCUT2D eigenvalue weighted by atomic mass is 16.5. The maximum atomic E-state index is 6.05. The van der Waals surface area contributed by atoms with Crippen LogP contribution in [0.3, 0.4) is 0 Å². The van der Waals surface area contributed by atoms with Gasteiger partial charge >= 0.3 is 0 Å². The number of rotatable bonds is 4. The van der Waals surface area contributed by atoms with Crippen LogP contribution in [0.25, 0.3) is 0 Å². The maximum absolute atomic E-state index is 6.05. The molecule has 1 aromatic carbocycles. The summed E-state index contributed by atoms with van der Waals surface area (Å²) in [4.78, 5) is 0. The predicted molar refractivity (Wildman–Crippen MR) is 82.8 cm³/mol. The van der Waals surface area contributed by atoms with Gasteiger partial charge in [0.15, 0.2) is 0 Å². The van der Waals surface area contributed by atoms with E-state index in [4.69, 9.17) is 9.47 Å². The Morgan fingerprint density at radius 1 is 1.25 bits per heavy atom. The molecule has 0 aromatic heterocycles. The van der Waals surface area contributed by atoms with E-state index in [9.17, 15) is 0 Å². The zero-order valence-corrected chi connectivity index (χ0v) is 13.0. The van der Waals surface area contributed by atoms with Gasteiger partial charge in [0.05, 0.1) is 7.11 Å². The lowest BCUT2D eigenvalue weighted by atomic mass is 9.86. The van der Waals surface area contributed by atoms with Gasteiger partial charge in [0.1, 0.15) is 18.1 Å². The molecule has 3 nitrogen and oxygen atoms in total. The highest BCUT2D eigenvalue weighted by molar-refractivity contribution is 5.44. The van der Waals surface area contributed by atoms with Gasteiger partial charge in [0.2, 0.25) is 0 Å². The van der Waals surface area contributed by atoms with Crippen LogP contribution in [-0.2, 0) is 5.41 Å². The van der Waals surface area contributed by atoms with Crippen molar-refractivity contribution in [3.05, 3.63) is 35.4 Å². The second kappa shape index (κ2) is 6.31. The fourth-order valence-corrected chi connectivity index (χ4v) is 2.32. The van der Waals surface area contributed by atoms with E-state index in [2.05, 4.69) is 38.2 Å². The summed E-state index contributed by atoms with van der Waals surface area (Å²) in [6.45, 7) is 9.25. The minimum Gasteiger partial charge on any atom is -0.497 e. The molecule has 0 saturated heterocycles. The number of benzene rings is 1. The third-order valence-corrected chi connectivity index (χ3v) is 3.57. The van der Waals surface area contributed by atoms with E-state index in [0.29, 0.717) is 6.61 Å². The first-order valence-electron chi connectivity index (χ1n) is 7.20. The van der Waals surface area contributed by atoms with Crippen LogP contribution in [0.4, 0.5) is 0 Å². The van der Waals surface area contributed by atoms with Crippen molar-refractivity contribution in [1.29, 1.82) is 0 Å². The highest BCUT2D eigenvalue weighted by Gasteiger charge is 2.20. The number of ether oxygens (including phenoxy) is 2. The van der Waals surface area contributed by atoms with Gasteiger partial charge in [-0.3, -0.25) is 0 Å². The van der Waals surface area contributed by atoms with Crippen LogP contribution in [0.15, 0.2) is 29.8 Å². The van der Waals surface area contributed by atoms with Crippen molar-refractivity contribution < 1.29 is 9.47 Å². The largest absolute Gasteiger partial charge is 0.497 e. The van der Waals surface area contributed by atoms with Crippen LogP contribution in [-0.4, -0.2) is 26.8 Å². The molecule has 0 fully saturated rings. The van der Waals surface area contributed by atoms with E-state index in [1.165, 1.54) is 11.1 Å². The van der Waals surface area contributed by atoms with E-state index < -0.39 is 0 Å². The third kappa shape index (κ3) is 3.76. The van der Waals surface area contributed by atoms with Gasteiger partial charge < -0.3 is 14.8 Å². The van der Waals surface area contributed by atoms with Gasteiger partial charge in [0.25, 0.3) is 0 Å². The van der Waals surface area contributed by atoms with Crippen molar-refractivity contribution in [2.45, 2.75) is 32.6 Å². The third-order valence-electron chi connectivity index (χ3n) is 3.57. The molecule has 1 heterocycles. The first kappa shape index (κ1) is 14.9. The van der Waals surface area contributed by atoms with E-state index in [0.717, 1.165) is 31.0 Å². The Balaban J connectivity index is 2.15. The lowest BCUT2D eigenvalue weighted by Crippen LogP contribution is -2.23. The van der Waals surface area contributed by atoms with Crippen molar-refractivity contribution in [2.75, 3.05) is 26.8 Å². The quantitative estimate of drug-likeness (QED) is 0.855. The van der Waals surface area contributed by atoms with Crippen molar-refractivity contribution in [3.63, 3.8) is 0 Å². The smallest absolute Gasteiger partial charge is 0.123 e.